The summed E-state index contributed by atoms with van der Waals surface area (Å²) in [6, 6.07) is 9.58. The molecule has 0 aliphatic carbocycles. The summed E-state index contributed by atoms with van der Waals surface area (Å²) < 4.78 is 11.6. The van der Waals surface area contributed by atoms with E-state index in [-0.39, 0.29) is 5.97 Å². The Morgan fingerprint density at radius 2 is 1.47 bits per heavy atom. The van der Waals surface area contributed by atoms with Crippen LogP contribution in [0.4, 0.5) is 0 Å². The predicted molar refractivity (Wildman–Crippen MR) is 83.1 cm³/mol. The molecule has 0 radical (unpaired) electrons. The molecule has 0 aromatic heterocycles. The second-order valence-electron chi connectivity index (χ2n) is 6.55. The zero-order chi connectivity index (χ0) is 14.7. The Bertz CT molecular complexity index is 419. The molecule has 5 heteroatoms. The lowest BCUT2D eigenvalue weighted by Crippen LogP contribution is -2.37. The topological polar surface area (TPSA) is 35.5 Å². The lowest BCUT2D eigenvalue weighted by atomic mass is 10.1. The van der Waals surface area contributed by atoms with Crippen LogP contribution in [0, 0.1) is 0 Å². The number of hydrogen-bond donors (Lipinski definition) is 0. The van der Waals surface area contributed by atoms with Crippen LogP contribution in [0.1, 0.15) is 11.7 Å². The Hall–Kier alpha value is -0.916. The van der Waals surface area contributed by atoms with Gasteiger partial charge in [-0.2, -0.15) is 0 Å². The monoisotopic (exact) mass is 296 g/mol. The zero-order valence-electron chi connectivity index (χ0n) is 12.7. The van der Waals surface area contributed by atoms with E-state index in [0.29, 0.717) is 0 Å². The van der Waals surface area contributed by atoms with E-state index in [0.717, 1.165) is 5.56 Å². The van der Waals surface area contributed by atoms with E-state index in [4.69, 9.17) is 8.85 Å². The van der Waals surface area contributed by atoms with Gasteiger partial charge in [-0.25, -0.2) is 0 Å². The van der Waals surface area contributed by atoms with E-state index in [9.17, 15) is 4.79 Å². The first-order valence-electron chi connectivity index (χ1n) is 6.54. The van der Waals surface area contributed by atoms with Gasteiger partial charge in [-0.3, -0.25) is 4.79 Å². The molecule has 0 aliphatic heterocycles. The fraction of sp³-hybridized carbons (Fsp3) is 0.500. The van der Waals surface area contributed by atoms with Crippen molar-refractivity contribution >= 4 is 22.6 Å². The minimum atomic E-state index is -1.91. The van der Waals surface area contributed by atoms with E-state index in [1.54, 1.807) is 0 Å². The van der Waals surface area contributed by atoms with Crippen molar-refractivity contribution in [2.75, 3.05) is 0 Å². The fourth-order valence-electron chi connectivity index (χ4n) is 1.59. The molecule has 1 aromatic rings. The van der Waals surface area contributed by atoms with Crippen molar-refractivity contribution in [2.24, 2.45) is 0 Å². The third-order valence-electron chi connectivity index (χ3n) is 2.19. The second kappa shape index (κ2) is 6.02. The van der Waals surface area contributed by atoms with Crippen LogP contribution in [-0.4, -0.2) is 22.6 Å². The van der Waals surface area contributed by atoms with E-state index in [1.807, 2.05) is 50.0 Å². The van der Waals surface area contributed by atoms with Gasteiger partial charge in [0.15, 0.2) is 14.4 Å². The molecule has 0 saturated carbocycles. The summed E-state index contributed by atoms with van der Waals surface area (Å²) in [7, 11) is -3.73. The Morgan fingerprint density at radius 1 is 0.947 bits per heavy atom. The van der Waals surface area contributed by atoms with Crippen molar-refractivity contribution in [3.63, 3.8) is 0 Å². The molecule has 0 bridgehead atoms. The lowest BCUT2D eigenvalue weighted by molar-refractivity contribution is -0.143. The summed E-state index contributed by atoms with van der Waals surface area (Å²) in [4.78, 5) is 12.3. The summed E-state index contributed by atoms with van der Waals surface area (Å²) in [6.45, 7) is 12.2. The minimum Gasteiger partial charge on any atom is -0.518 e. The molecule has 106 valence electrons. The van der Waals surface area contributed by atoms with Crippen molar-refractivity contribution in [3.8, 4) is 0 Å². The molecule has 0 spiro atoms. The lowest BCUT2D eigenvalue weighted by Gasteiger charge is -2.28. The highest BCUT2D eigenvalue weighted by molar-refractivity contribution is 6.71. The van der Waals surface area contributed by atoms with Crippen molar-refractivity contribution in [2.45, 2.75) is 45.4 Å². The molecule has 1 aromatic carbocycles. The van der Waals surface area contributed by atoms with Crippen molar-refractivity contribution in [1.29, 1.82) is 0 Å². The van der Waals surface area contributed by atoms with Gasteiger partial charge in [0, 0.05) is 0 Å². The van der Waals surface area contributed by atoms with Gasteiger partial charge < -0.3 is 8.85 Å². The van der Waals surface area contributed by atoms with Gasteiger partial charge >= 0.3 is 5.97 Å². The molecule has 1 atom stereocenters. The molecule has 0 amide bonds. The maximum absolute atomic E-state index is 12.3. The van der Waals surface area contributed by atoms with Crippen LogP contribution in [0.3, 0.4) is 0 Å². The third-order valence-corrected chi connectivity index (χ3v) is 3.95. The van der Waals surface area contributed by atoms with Gasteiger partial charge in [0.25, 0.3) is 0 Å². The van der Waals surface area contributed by atoms with Crippen molar-refractivity contribution in [3.05, 3.63) is 35.9 Å². The van der Waals surface area contributed by atoms with E-state index >= 15 is 0 Å². The number of rotatable bonds is 5. The zero-order valence-corrected chi connectivity index (χ0v) is 14.7. The highest BCUT2D eigenvalue weighted by atomic mass is 28.4. The number of carbonyl (C=O) groups excluding carboxylic acids is 1. The van der Waals surface area contributed by atoms with E-state index in [1.165, 1.54) is 0 Å². The van der Waals surface area contributed by atoms with Crippen LogP contribution in [0.15, 0.2) is 30.3 Å². The van der Waals surface area contributed by atoms with Crippen LogP contribution in [0.25, 0.3) is 0 Å². The van der Waals surface area contributed by atoms with Gasteiger partial charge in [0.05, 0.1) is 0 Å². The Balaban J connectivity index is 2.97. The molecule has 0 fully saturated rings. The second-order valence-corrected chi connectivity index (χ2v) is 15.4. The largest absolute Gasteiger partial charge is 0.518 e. The van der Waals surface area contributed by atoms with E-state index < -0.39 is 22.7 Å². The molecule has 0 aliphatic rings. The smallest absolute Gasteiger partial charge is 0.325 e. The van der Waals surface area contributed by atoms with E-state index in [2.05, 4.69) is 19.6 Å². The molecule has 0 heterocycles. The Morgan fingerprint density at radius 3 is 1.89 bits per heavy atom. The number of hydrogen-bond acceptors (Lipinski definition) is 3. The summed E-state index contributed by atoms with van der Waals surface area (Å²) >= 11 is 0. The molecule has 3 nitrogen and oxygen atoms in total. The summed E-state index contributed by atoms with van der Waals surface area (Å²) in [5, 5.41) is 0. The predicted octanol–water partition coefficient (Wildman–Crippen LogP) is 3.96. The standard InChI is InChI=1S/C14H24O3Si2/c1-18(2,3)16-13(12-10-8-7-9-11-12)14(15)17-19(4,5)6/h7-11,13H,1-6H3/t13-/m1/s1. The molecular weight excluding hydrogens is 272 g/mol. The third kappa shape index (κ3) is 6.18. The van der Waals surface area contributed by atoms with Crippen LogP contribution < -0.4 is 0 Å². The summed E-state index contributed by atoms with van der Waals surface area (Å²) in [5.41, 5.74) is 0.869. The number of benzene rings is 1. The van der Waals surface area contributed by atoms with Gasteiger partial charge in [-0.05, 0) is 44.8 Å². The first-order valence-corrected chi connectivity index (χ1v) is 13.4. The first kappa shape index (κ1) is 16.1. The first-order chi connectivity index (χ1) is 8.58. The van der Waals surface area contributed by atoms with Crippen molar-refractivity contribution in [1.82, 2.24) is 0 Å². The molecule has 19 heavy (non-hydrogen) atoms. The fourth-order valence-corrected chi connectivity index (χ4v) is 3.24. The highest BCUT2D eigenvalue weighted by Crippen LogP contribution is 2.25. The average molecular weight is 297 g/mol. The number of carbonyl (C=O) groups is 1. The van der Waals surface area contributed by atoms with Gasteiger partial charge in [0.2, 0.25) is 8.32 Å². The quantitative estimate of drug-likeness (QED) is 0.772. The van der Waals surface area contributed by atoms with Gasteiger partial charge in [-0.1, -0.05) is 30.3 Å². The van der Waals surface area contributed by atoms with Crippen molar-refractivity contribution < 1.29 is 13.6 Å². The van der Waals surface area contributed by atoms with Gasteiger partial charge in [-0.15, -0.1) is 0 Å². The summed E-state index contributed by atoms with van der Waals surface area (Å²) in [6.07, 6.45) is -0.598. The normalized spacial score (nSPS) is 14.0. The summed E-state index contributed by atoms with van der Waals surface area (Å²) in [5.74, 6) is -0.257. The average Bonchev–Trinajstić information content (AvgIpc) is 2.23. The highest BCUT2D eigenvalue weighted by Gasteiger charge is 2.32. The molecule has 1 rings (SSSR count). The molecular formula is C14H24O3Si2. The maximum Gasteiger partial charge on any atom is 0.325 e. The SMILES string of the molecule is C[Si](C)(C)OC(=O)[C@H](O[Si](C)(C)C)c1ccccc1. The van der Waals surface area contributed by atoms with Crippen LogP contribution >= 0.6 is 0 Å². The van der Waals surface area contributed by atoms with Crippen LogP contribution in [-0.2, 0) is 13.6 Å². The molecule has 0 saturated heterocycles. The maximum atomic E-state index is 12.3. The Labute approximate surface area is 118 Å². The van der Waals surface area contributed by atoms with Gasteiger partial charge in [0.1, 0.15) is 0 Å². The molecule has 0 unspecified atom stereocenters. The Kier molecular flexibility index (Phi) is 5.12. The minimum absolute atomic E-state index is 0.257. The van der Waals surface area contributed by atoms with Crippen LogP contribution in [0.2, 0.25) is 39.3 Å². The molecule has 0 N–H and O–H groups in total. The van der Waals surface area contributed by atoms with Crippen LogP contribution in [0.5, 0.6) is 0 Å².